The number of nitrogens with one attached hydrogen (secondary N) is 2. The van der Waals surface area contributed by atoms with Crippen LogP contribution >= 0.6 is 0 Å². The van der Waals surface area contributed by atoms with E-state index in [1.807, 2.05) is 12.1 Å². The minimum absolute atomic E-state index is 0.214. The Kier molecular flexibility index (Phi) is 3.82. The third-order valence-corrected chi connectivity index (χ3v) is 3.32. The number of ether oxygens (including phenoxy) is 2. The highest BCUT2D eigenvalue weighted by Gasteiger charge is 2.13. The van der Waals surface area contributed by atoms with Gasteiger partial charge in [-0.1, -0.05) is 12.1 Å². The number of amides is 2. The van der Waals surface area contributed by atoms with Gasteiger partial charge in [0.1, 0.15) is 5.82 Å². The fourth-order valence-corrected chi connectivity index (χ4v) is 2.08. The summed E-state index contributed by atoms with van der Waals surface area (Å²) in [6, 6.07) is 9.61. The van der Waals surface area contributed by atoms with Gasteiger partial charge in [-0.15, -0.1) is 0 Å². The lowest BCUT2D eigenvalue weighted by atomic mass is 10.2. The van der Waals surface area contributed by atoms with Gasteiger partial charge in [0, 0.05) is 12.2 Å². The molecule has 2 N–H and O–H groups in total. The molecule has 0 aromatic heterocycles. The van der Waals surface area contributed by atoms with Crippen molar-refractivity contribution in [3.05, 3.63) is 53.3 Å². The zero-order valence-corrected chi connectivity index (χ0v) is 12.0. The van der Waals surface area contributed by atoms with Crippen molar-refractivity contribution < 1.29 is 18.7 Å². The molecule has 2 aromatic carbocycles. The van der Waals surface area contributed by atoms with Crippen LogP contribution in [0.5, 0.6) is 11.5 Å². The molecule has 114 valence electrons. The lowest BCUT2D eigenvalue weighted by molar-refractivity contribution is 0.174. The lowest BCUT2D eigenvalue weighted by Crippen LogP contribution is -2.28. The fourth-order valence-electron chi connectivity index (χ4n) is 2.08. The minimum Gasteiger partial charge on any atom is -0.454 e. The number of urea groups is 1. The third-order valence-electron chi connectivity index (χ3n) is 3.32. The number of hydrogen-bond donors (Lipinski definition) is 2. The molecular weight excluding hydrogens is 287 g/mol. The molecule has 6 heteroatoms. The molecule has 0 spiro atoms. The fraction of sp³-hybridized carbons (Fsp3) is 0.188. The maximum absolute atomic E-state index is 13.4. The van der Waals surface area contributed by atoms with E-state index in [0.29, 0.717) is 29.3 Å². The standard InChI is InChI=1S/C16H15FN2O3/c1-10-2-4-12(7-13(10)17)19-16(20)18-8-11-3-5-14-15(6-11)22-9-21-14/h2-7H,8-9H2,1H3,(H2,18,19,20). The minimum atomic E-state index is -0.402. The van der Waals surface area contributed by atoms with Crippen LogP contribution in [0, 0.1) is 12.7 Å². The van der Waals surface area contributed by atoms with Crippen molar-refractivity contribution in [2.75, 3.05) is 12.1 Å². The van der Waals surface area contributed by atoms with Gasteiger partial charge in [-0.05, 0) is 42.3 Å². The predicted molar refractivity (Wildman–Crippen MR) is 79.6 cm³/mol. The number of hydrogen-bond acceptors (Lipinski definition) is 3. The number of benzene rings is 2. The molecule has 0 saturated heterocycles. The molecule has 0 unspecified atom stereocenters. The molecule has 1 aliphatic rings. The highest BCUT2D eigenvalue weighted by molar-refractivity contribution is 5.89. The van der Waals surface area contributed by atoms with Gasteiger partial charge in [-0.2, -0.15) is 0 Å². The van der Waals surface area contributed by atoms with E-state index in [-0.39, 0.29) is 12.6 Å². The van der Waals surface area contributed by atoms with Crippen LogP contribution in [0.3, 0.4) is 0 Å². The van der Waals surface area contributed by atoms with Gasteiger partial charge in [0.15, 0.2) is 11.5 Å². The Bertz CT molecular complexity index is 719. The summed E-state index contributed by atoms with van der Waals surface area (Å²) < 4.78 is 23.9. The molecule has 3 rings (SSSR count). The van der Waals surface area contributed by atoms with Crippen molar-refractivity contribution in [3.8, 4) is 11.5 Å². The van der Waals surface area contributed by atoms with Crippen molar-refractivity contribution >= 4 is 11.7 Å². The Hall–Kier alpha value is -2.76. The van der Waals surface area contributed by atoms with Crippen molar-refractivity contribution in [1.29, 1.82) is 0 Å². The molecule has 2 aromatic rings. The predicted octanol–water partition coefficient (Wildman–Crippen LogP) is 3.18. The summed E-state index contributed by atoms with van der Waals surface area (Å²) in [5.74, 6) is 1.01. The first-order chi connectivity index (χ1) is 10.6. The highest BCUT2D eigenvalue weighted by atomic mass is 19.1. The van der Waals surface area contributed by atoms with Gasteiger partial charge in [0.25, 0.3) is 0 Å². The third kappa shape index (κ3) is 3.11. The van der Waals surface area contributed by atoms with E-state index in [2.05, 4.69) is 10.6 Å². The average molecular weight is 302 g/mol. The Morgan fingerprint density at radius 3 is 2.82 bits per heavy atom. The van der Waals surface area contributed by atoms with Crippen LogP contribution in [-0.2, 0) is 6.54 Å². The second-order valence-electron chi connectivity index (χ2n) is 4.96. The van der Waals surface area contributed by atoms with Gasteiger partial charge >= 0.3 is 6.03 Å². The van der Waals surface area contributed by atoms with Crippen LogP contribution in [0.2, 0.25) is 0 Å². The Labute approximate surface area is 127 Å². The smallest absolute Gasteiger partial charge is 0.319 e. The lowest BCUT2D eigenvalue weighted by Gasteiger charge is -2.09. The molecular formula is C16H15FN2O3. The second-order valence-corrected chi connectivity index (χ2v) is 4.96. The molecule has 0 aliphatic carbocycles. The Balaban J connectivity index is 1.57. The topological polar surface area (TPSA) is 59.6 Å². The molecule has 0 radical (unpaired) electrons. The molecule has 2 amide bonds. The number of rotatable bonds is 3. The van der Waals surface area contributed by atoms with Gasteiger partial charge in [0.2, 0.25) is 6.79 Å². The summed E-state index contributed by atoms with van der Waals surface area (Å²) in [5.41, 5.74) is 1.83. The summed E-state index contributed by atoms with van der Waals surface area (Å²) in [5, 5.41) is 5.29. The normalized spacial score (nSPS) is 12.1. The van der Waals surface area contributed by atoms with E-state index < -0.39 is 6.03 Å². The first-order valence-corrected chi connectivity index (χ1v) is 6.81. The van der Waals surface area contributed by atoms with Crippen LogP contribution in [0.25, 0.3) is 0 Å². The molecule has 22 heavy (non-hydrogen) atoms. The summed E-state index contributed by atoms with van der Waals surface area (Å²) in [4.78, 5) is 11.8. The largest absolute Gasteiger partial charge is 0.454 e. The summed E-state index contributed by atoms with van der Waals surface area (Å²) in [6.45, 7) is 2.21. The monoisotopic (exact) mass is 302 g/mol. The van der Waals surface area contributed by atoms with E-state index in [4.69, 9.17) is 9.47 Å². The molecule has 0 bridgehead atoms. The summed E-state index contributed by atoms with van der Waals surface area (Å²) in [6.07, 6.45) is 0. The van der Waals surface area contributed by atoms with E-state index in [0.717, 1.165) is 5.56 Å². The molecule has 0 fully saturated rings. The quantitative estimate of drug-likeness (QED) is 0.915. The maximum Gasteiger partial charge on any atom is 0.319 e. The van der Waals surface area contributed by atoms with Crippen molar-refractivity contribution in [2.24, 2.45) is 0 Å². The van der Waals surface area contributed by atoms with Crippen molar-refractivity contribution in [2.45, 2.75) is 13.5 Å². The Morgan fingerprint density at radius 2 is 2.00 bits per heavy atom. The molecule has 1 aliphatic heterocycles. The number of fused-ring (bicyclic) bond motifs is 1. The summed E-state index contributed by atoms with van der Waals surface area (Å²) in [7, 11) is 0. The van der Waals surface area contributed by atoms with Crippen molar-refractivity contribution in [3.63, 3.8) is 0 Å². The van der Waals surface area contributed by atoms with E-state index in [9.17, 15) is 9.18 Å². The molecule has 1 heterocycles. The number of anilines is 1. The first kappa shape index (κ1) is 14.2. The maximum atomic E-state index is 13.4. The number of carbonyl (C=O) groups excluding carboxylic acids is 1. The van der Waals surface area contributed by atoms with Gasteiger partial charge in [-0.3, -0.25) is 0 Å². The van der Waals surface area contributed by atoms with Crippen LogP contribution in [-0.4, -0.2) is 12.8 Å². The van der Waals surface area contributed by atoms with E-state index in [1.54, 1.807) is 25.1 Å². The van der Waals surface area contributed by atoms with Gasteiger partial charge < -0.3 is 20.1 Å². The first-order valence-electron chi connectivity index (χ1n) is 6.81. The number of carbonyl (C=O) groups is 1. The van der Waals surface area contributed by atoms with Crippen LogP contribution in [0.1, 0.15) is 11.1 Å². The van der Waals surface area contributed by atoms with Crippen LogP contribution in [0.4, 0.5) is 14.9 Å². The van der Waals surface area contributed by atoms with Crippen LogP contribution < -0.4 is 20.1 Å². The van der Waals surface area contributed by atoms with Crippen LogP contribution in [0.15, 0.2) is 36.4 Å². The van der Waals surface area contributed by atoms with E-state index in [1.165, 1.54) is 6.07 Å². The number of aryl methyl sites for hydroxylation is 1. The zero-order valence-electron chi connectivity index (χ0n) is 12.0. The van der Waals surface area contributed by atoms with Crippen molar-refractivity contribution in [1.82, 2.24) is 5.32 Å². The molecule has 5 nitrogen and oxygen atoms in total. The number of halogens is 1. The average Bonchev–Trinajstić information content (AvgIpc) is 2.96. The highest BCUT2D eigenvalue weighted by Crippen LogP contribution is 2.32. The van der Waals surface area contributed by atoms with Gasteiger partial charge in [0.05, 0.1) is 0 Å². The van der Waals surface area contributed by atoms with Gasteiger partial charge in [-0.25, -0.2) is 9.18 Å². The van der Waals surface area contributed by atoms with E-state index >= 15 is 0 Å². The molecule has 0 atom stereocenters. The SMILES string of the molecule is Cc1ccc(NC(=O)NCc2ccc3c(c2)OCO3)cc1F. The molecule has 0 saturated carbocycles. The second kappa shape index (κ2) is 5.93. The summed E-state index contributed by atoms with van der Waals surface area (Å²) >= 11 is 0. The Morgan fingerprint density at radius 1 is 1.18 bits per heavy atom. The zero-order chi connectivity index (χ0) is 15.5.